The molecule has 0 aliphatic heterocycles. The zero-order valence-electron chi connectivity index (χ0n) is 11.4. The maximum absolute atomic E-state index is 12.5. The van der Waals surface area contributed by atoms with Crippen molar-refractivity contribution in [1.29, 1.82) is 0 Å². The van der Waals surface area contributed by atoms with Crippen molar-refractivity contribution in [1.82, 2.24) is 19.9 Å². The van der Waals surface area contributed by atoms with Crippen molar-refractivity contribution < 1.29 is 4.79 Å². The Kier molecular flexibility index (Phi) is 3.40. The number of hydrogen-bond acceptors (Lipinski definition) is 4. The largest absolute Gasteiger partial charge is 0.345 e. The van der Waals surface area contributed by atoms with Gasteiger partial charge < -0.3 is 11.1 Å². The lowest BCUT2D eigenvalue weighted by atomic mass is 9.81. The second kappa shape index (κ2) is 5.20. The number of carbonyl (C=O) groups is 1. The molecule has 2 aromatic heterocycles. The fraction of sp³-hybridized carbons (Fsp3) is 0.500. The first kappa shape index (κ1) is 13.1. The van der Waals surface area contributed by atoms with Gasteiger partial charge >= 0.3 is 0 Å². The Morgan fingerprint density at radius 1 is 1.35 bits per heavy atom. The summed E-state index contributed by atoms with van der Waals surface area (Å²) in [5.41, 5.74) is 6.91. The maximum Gasteiger partial charge on any atom is 0.255 e. The minimum absolute atomic E-state index is 0.111. The van der Waals surface area contributed by atoms with Gasteiger partial charge in [0.2, 0.25) is 0 Å². The highest BCUT2D eigenvalue weighted by Gasteiger charge is 2.33. The van der Waals surface area contributed by atoms with Gasteiger partial charge in [0.1, 0.15) is 0 Å². The van der Waals surface area contributed by atoms with Crippen LogP contribution in [0.5, 0.6) is 0 Å². The molecule has 0 spiro atoms. The molecule has 2 heterocycles. The van der Waals surface area contributed by atoms with Gasteiger partial charge in [0.15, 0.2) is 0 Å². The highest BCUT2D eigenvalue weighted by molar-refractivity contribution is 6.00. The fourth-order valence-corrected chi connectivity index (χ4v) is 2.93. The van der Waals surface area contributed by atoms with Crippen LogP contribution in [0.15, 0.2) is 24.8 Å². The lowest BCUT2D eigenvalue weighted by molar-refractivity contribution is 0.0876. The van der Waals surface area contributed by atoms with E-state index in [-0.39, 0.29) is 11.4 Å². The summed E-state index contributed by atoms with van der Waals surface area (Å²) >= 11 is 0. The smallest absolute Gasteiger partial charge is 0.255 e. The Hall–Kier alpha value is -1.95. The standard InChI is InChI=1S/C14H19N5O/c15-10-14(4-2-1-3-5-14)18-13(20)11-8-17-19-7-6-16-9-12(11)19/h6-9H,1-5,10,15H2,(H,18,20). The molecular formula is C14H19N5O. The molecule has 0 bridgehead atoms. The number of fused-ring (bicyclic) bond motifs is 1. The summed E-state index contributed by atoms with van der Waals surface area (Å²) in [6.45, 7) is 0.482. The Labute approximate surface area is 117 Å². The first-order chi connectivity index (χ1) is 9.74. The lowest BCUT2D eigenvalue weighted by Gasteiger charge is -2.37. The number of amides is 1. The first-order valence-corrected chi connectivity index (χ1v) is 7.04. The number of rotatable bonds is 3. The number of nitrogens with two attached hydrogens (primary N) is 1. The van der Waals surface area contributed by atoms with Gasteiger partial charge in [-0.05, 0) is 12.8 Å². The summed E-state index contributed by atoms with van der Waals surface area (Å²) in [4.78, 5) is 16.6. The summed E-state index contributed by atoms with van der Waals surface area (Å²) in [7, 11) is 0. The van der Waals surface area contributed by atoms with E-state index in [4.69, 9.17) is 5.73 Å². The van der Waals surface area contributed by atoms with Gasteiger partial charge in [-0.15, -0.1) is 0 Å². The molecule has 0 radical (unpaired) electrons. The van der Waals surface area contributed by atoms with Gasteiger partial charge in [0, 0.05) is 18.9 Å². The van der Waals surface area contributed by atoms with Crippen LogP contribution in [0.25, 0.3) is 5.52 Å². The molecule has 0 atom stereocenters. The van der Waals surface area contributed by atoms with Crippen molar-refractivity contribution in [2.24, 2.45) is 5.73 Å². The number of carbonyl (C=O) groups excluding carboxylic acids is 1. The summed E-state index contributed by atoms with van der Waals surface area (Å²) in [5.74, 6) is -0.111. The van der Waals surface area contributed by atoms with Crippen LogP contribution in [-0.4, -0.2) is 32.6 Å². The van der Waals surface area contributed by atoms with Gasteiger partial charge in [0.25, 0.3) is 5.91 Å². The average molecular weight is 273 g/mol. The highest BCUT2D eigenvalue weighted by Crippen LogP contribution is 2.27. The molecule has 1 amide bonds. The Morgan fingerprint density at radius 3 is 2.90 bits per heavy atom. The fourth-order valence-electron chi connectivity index (χ4n) is 2.93. The molecule has 1 fully saturated rings. The van der Waals surface area contributed by atoms with Crippen LogP contribution in [0.1, 0.15) is 42.5 Å². The zero-order chi connectivity index (χ0) is 14.0. The predicted molar refractivity (Wildman–Crippen MR) is 75.3 cm³/mol. The molecule has 6 heteroatoms. The van der Waals surface area contributed by atoms with Crippen LogP contribution in [0.2, 0.25) is 0 Å². The second-order valence-electron chi connectivity index (χ2n) is 5.46. The predicted octanol–water partition coefficient (Wildman–Crippen LogP) is 1.12. The van der Waals surface area contributed by atoms with E-state index in [9.17, 15) is 4.79 Å². The van der Waals surface area contributed by atoms with Gasteiger partial charge in [-0.2, -0.15) is 5.10 Å². The Bertz CT molecular complexity index is 615. The van der Waals surface area contributed by atoms with Crippen LogP contribution >= 0.6 is 0 Å². The van der Waals surface area contributed by atoms with E-state index in [1.807, 2.05) is 0 Å². The Balaban J connectivity index is 1.85. The molecule has 3 rings (SSSR count). The lowest BCUT2D eigenvalue weighted by Crippen LogP contribution is -2.54. The summed E-state index contributed by atoms with van der Waals surface area (Å²) < 4.78 is 1.65. The topological polar surface area (TPSA) is 85.3 Å². The molecule has 0 aromatic carbocycles. The minimum atomic E-state index is -0.258. The number of nitrogens with one attached hydrogen (secondary N) is 1. The van der Waals surface area contributed by atoms with E-state index in [1.165, 1.54) is 6.42 Å². The molecule has 0 saturated heterocycles. The van der Waals surface area contributed by atoms with Crippen LogP contribution < -0.4 is 11.1 Å². The first-order valence-electron chi connectivity index (χ1n) is 7.04. The Morgan fingerprint density at radius 2 is 2.15 bits per heavy atom. The van der Waals surface area contributed by atoms with E-state index in [0.29, 0.717) is 17.6 Å². The molecule has 0 unspecified atom stereocenters. The molecule has 2 aromatic rings. The molecular weight excluding hydrogens is 254 g/mol. The normalized spacial score (nSPS) is 18.1. The third-order valence-corrected chi connectivity index (χ3v) is 4.15. The number of nitrogens with zero attached hydrogens (tertiary/aromatic N) is 3. The third kappa shape index (κ3) is 2.27. The van der Waals surface area contributed by atoms with E-state index in [1.54, 1.807) is 29.3 Å². The van der Waals surface area contributed by atoms with Crippen molar-refractivity contribution in [3.8, 4) is 0 Å². The van der Waals surface area contributed by atoms with Crippen molar-refractivity contribution in [3.05, 3.63) is 30.4 Å². The van der Waals surface area contributed by atoms with Crippen molar-refractivity contribution in [3.63, 3.8) is 0 Å². The molecule has 3 N–H and O–H groups in total. The zero-order valence-corrected chi connectivity index (χ0v) is 11.4. The number of aromatic nitrogens is 3. The second-order valence-corrected chi connectivity index (χ2v) is 5.46. The molecule has 6 nitrogen and oxygen atoms in total. The monoisotopic (exact) mass is 273 g/mol. The summed E-state index contributed by atoms with van der Waals surface area (Å²) in [6.07, 6.45) is 12.0. The van der Waals surface area contributed by atoms with Crippen LogP contribution in [0, 0.1) is 0 Å². The molecule has 1 saturated carbocycles. The SMILES string of the molecule is NCC1(NC(=O)c2cnn3ccncc23)CCCCC1. The van der Waals surface area contributed by atoms with Crippen molar-refractivity contribution >= 4 is 11.4 Å². The van der Waals surface area contributed by atoms with E-state index in [0.717, 1.165) is 25.7 Å². The van der Waals surface area contributed by atoms with Crippen LogP contribution in [0.3, 0.4) is 0 Å². The van der Waals surface area contributed by atoms with Crippen molar-refractivity contribution in [2.75, 3.05) is 6.54 Å². The summed E-state index contributed by atoms with van der Waals surface area (Å²) in [5, 5.41) is 7.30. The van der Waals surface area contributed by atoms with Gasteiger partial charge in [-0.1, -0.05) is 19.3 Å². The molecule has 106 valence electrons. The van der Waals surface area contributed by atoms with E-state index >= 15 is 0 Å². The quantitative estimate of drug-likeness (QED) is 0.877. The average Bonchev–Trinajstić information content (AvgIpc) is 2.92. The van der Waals surface area contributed by atoms with Crippen LogP contribution in [-0.2, 0) is 0 Å². The van der Waals surface area contributed by atoms with E-state index < -0.39 is 0 Å². The minimum Gasteiger partial charge on any atom is -0.345 e. The number of hydrogen-bond donors (Lipinski definition) is 2. The molecule has 1 aliphatic carbocycles. The van der Waals surface area contributed by atoms with E-state index in [2.05, 4.69) is 15.4 Å². The van der Waals surface area contributed by atoms with Gasteiger partial charge in [-0.3, -0.25) is 9.78 Å². The maximum atomic E-state index is 12.5. The highest BCUT2D eigenvalue weighted by atomic mass is 16.1. The van der Waals surface area contributed by atoms with Crippen molar-refractivity contribution in [2.45, 2.75) is 37.6 Å². The van der Waals surface area contributed by atoms with Gasteiger partial charge in [0.05, 0.1) is 29.0 Å². The van der Waals surface area contributed by atoms with Crippen LogP contribution in [0.4, 0.5) is 0 Å². The summed E-state index contributed by atoms with van der Waals surface area (Å²) in [6, 6.07) is 0. The molecule has 1 aliphatic rings. The third-order valence-electron chi connectivity index (χ3n) is 4.15. The molecule has 20 heavy (non-hydrogen) atoms. The van der Waals surface area contributed by atoms with Gasteiger partial charge in [-0.25, -0.2) is 4.52 Å².